The van der Waals surface area contributed by atoms with Crippen LogP contribution in [0.15, 0.2) is 63.6 Å². The highest BCUT2D eigenvalue weighted by molar-refractivity contribution is 9.11. The minimum absolute atomic E-state index is 0.115. The molecule has 0 aromatic heterocycles. The van der Waals surface area contributed by atoms with Gasteiger partial charge in [0.15, 0.2) is 0 Å². The molecule has 5 heteroatoms. The maximum atomic E-state index is 5.78. The average Bonchev–Trinajstić information content (AvgIpc) is 2.96. The second kappa shape index (κ2) is 6.64. The molecule has 2 aromatic rings. The number of ether oxygens (including phenoxy) is 1. The van der Waals surface area contributed by atoms with Crippen molar-refractivity contribution in [1.82, 2.24) is 5.48 Å². The molecule has 21 heavy (non-hydrogen) atoms. The standard InChI is InChI=1S/C16H13Br2NO2/c17-12-6-7-16(14(18)8-12)20-10-13-9-15(19-21-13)11-4-2-1-3-5-11/h1-9,13,19H,10H2/t13-/m0/s1. The number of halogens is 2. The second-order valence-corrected chi connectivity index (χ2v) is 6.36. The zero-order valence-corrected chi connectivity index (χ0v) is 14.2. The van der Waals surface area contributed by atoms with Crippen LogP contribution >= 0.6 is 31.9 Å². The molecule has 3 nitrogen and oxygen atoms in total. The molecule has 0 saturated carbocycles. The summed E-state index contributed by atoms with van der Waals surface area (Å²) in [4.78, 5) is 5.51. The number of rotatable bonds is 4. The van der Waals surface area contributed by atoms with E-state index in [1.165, 1.54) is 0 Å². The van der Waals surface area contributed by atoms with E-state index < -0.39 is 0 Å². The number of hydrogen-bond donors (Lipinski definition) is 1. The highest BCUT2D eigenvalue weighted by Gasteiger charge is 2.18. The SMILES string of the molecule is Brc1ccc(OC[C@@H]2C=C(c3ccccc3)NO2)c(Br)c1. The molecule has 1 heterocycles. The van der Waals surface area contributed by atoms with E-state index in [2.05, 4.69) is 37.3 Å². The maximum absolute atomic E-state index is 5.78. The molecule has 2 aromatic carbocycles. The van der Waals surface area contributed by atoms with Crippen LogP contribution in [0.25, 0.3) is 5.70 Å². The van der Waals surface area contributed by atoms with E-state index in [-0.39, 0.29) is 6.10 Å². The Hall–Kier alpha value is -1.30. The lowest BCUT2D eigenvalue weighted by molar-refractivity contribution is 0.0234. The number of nitrogens with one attached hydrogen (secondary N) is 1. The summed E-state index contributed by atoms with van der Waals surface area (Å²) in [6, 6.07) is 15.9. The Kier molecular flexibility index (Phi) is 4.63. The minimum Gasteiger partial charge on any atom is -0.489 e. The lowest BCUT2D eigenvalue weighted by Crippen LogP contribution is -2.19. The zero-order chi connectivity index (χ0) is 14.7. The molecule has 0 unspecified atom stereocenters. The monoisotopic (exact) mass is 409 g/mol. The molecule has 1 aliphatic heterocycles. The number of hydrogen-bond acceptors (Lipinski definition) is 3. The van der Waals surface area contributed by atoms with Gasteiger partial charge in [0.2, 0.25) is 0 Å². The van der Waals surface area contributed by atoms with Gasteiger partial charge in [-0.15, -0.1) is 0 Å². The van der Waals surface area contributed by atoms with Crippen LogP contribution in [0, 0.1) is 0 Å². The highest BCUT2D eigenvalue weighted by Crippen LogP contribution is 2.28. The fourth-order valence-corrected chi connectivity index (χ4v) is 3.17. The molecule has 0 fully saturated rings. The van der Waals surface area contributed by atoms with Crippen molar-refractivity contribution in [2.24, 2.45) is 0 Å². The Bertz CT molecular complexity index is 659. The van der Waals surface area contributed by atoms with Crippen molar-refractivity contribution in [3.63, 3.8) is 0 Å². The van der Waals surface area contributed by atoms with Gasteiger partial charge in [-0.1, -0.05) is 46.3 Å². The van der Waals surface area contributed by atoms with Crippen LogP contribution < -0.4 is 10.2 Å². The predicted molar refractivity (Wildman–Crippen MR) is 89.8 cm³/mol. The Labute approximate surface area is 140 Å². The largest absolute Gasteiger partial charge is 0.489 e. The quantitative estimate of drug-likeness (QED) is 0.802. The Balaban J connectivity index is 1.63. The van der Waals surface area contributed by atoms with Gasteiger partial charge < -0.3 is 4.74 Å². The van der Waals surface area contributed by atoms with Crippen LogP contribution in [0.2, 0.25) is 0 Å². The van der Waals surface area contributed by atoms with Gasteiger partial charge >= 0.3 is 0 Å². The van der Waals surface area contributed by atoms with Crippen LogP contribution in [-0.2, 0) is 4.84 Å². The molecular weight excluding hydrogens is 398 g/mol. The van der Waals surface area contributed by atoms with Gasteiger partial charge in [0.05, 0.1) is 10.2 Å². The second-order valence-electron chi connectivity index (χ2n) is 4.59. The molecule has 0 aliphatic carbocycles. The lowest BCUT2D eigenvalue weighted by atomic mass is 10.1. The molecule has 0 radical (unpaired) electrons. The minimum atomic E-state index is -0.115. The summed E-state index contributed by atoms with van der Waals surface area (Å²) in [6.07, 6.45) is 1.91. The van der Waals surface area contributed by atoms with Gasteiger partial charge in [0, 0.05) is 4.47 Å². The normalized spacial score (nSPS) is 17.2. The van der Waals surface area contributed by atoms with Crippen LogP contribution in [0.5, 0.6) is 5.75 Å². The highest BCUT2D eigenvalue weighted by atomic mass is 79.9. The van der Waals surface area contributed by atoms with E-state index >= 15 is 0 Å². The first-order chi connectivity index (χ1) is 10.2. The Morgan fingerprint density at radius 2 is 1.90 bits per heavy atom. The first kappa shape index (κ1) is 14.6. The maximum Gasteiger partial charge on any atom is 0.140 e. The summed E-state index contributed by atoms with van der Waals surface area (Å²) in [5.74, 6) is 0.795. The van der Waals surface area contributed by atoms with Crippen LogP contribution in [0.1, 0.15) is 5.56 Å². The molecule has 1 atom stereocenters. The Morgan fingerprint density at radius 1 is 1.10 bits per heavy atom. The fourth-order valence-electron chi connectivity index (χ4n) is 2.01. The third-order valence-corrected chi connectivity index (χ3v) is 4.17. The summed E-state index contributed by atoms with van der Waals surface area (Å²) < 4.78 is 7.70. The van der Waals surface area contributed by atoms with E-state index in [9.17, 15) is 0 Å². The number of benzene rings is 2. The number of hydroxylamine groups is 1. The Morgan fingerprint density at radius 3 is 2.67 bits per heavy atom. The van der Waals surface area contributed by atoms with E-state index in [1.807, 2.05) is 54.6 Å². The van der Waals surface area contributed by atoms with E-state index in [4.69, 9.17) is 9.57 Å². The van der Waals surface area contributed by atoms with Crippen LogP contribution in [0.4, 0.5) is 0 Å². The third-order valence-electron chi connectivity index (χ3n) is 3.05. The van der Waals surface area contributed by atoms with Gasteiger partial charge in [-0.25, -0.2) is 0 Å². The van der Waals surface area contributed by atoms with Crippen LogP contribution in [0.3, 0.4) is 0 Å². The van der Waals surface area contributed by atoms with E-state index in [1.54, 1.807) is 0 Å². The molecule has 0 spiro atoms. The lowest BCUT2D eigenvalue weighted by Gasteiger charge is -2.11. The van der Waals surface area contributed by atoms with Gasteiger partial charge in [0.1, 0.15) is 18.5 Å². The third kappa shape index (κ3) is 3.67. The van der Waals surface area contributed by atoms with Crippen LogP contribution in [-0.4, -0.2) is 12.7 Å². The smallest absolute Gasteiger partial charge is 0.140 e. The first-order valence-electron chi connectivity index (χ1n) is 6.49. The molecule has 0 amide bonds. The van der Waals surface area contributed by atoms with Crippen molar-refractivity contribution >= 4 is 37.6 Å². The predicted octanol–water partition coefficient (Wildman–Crippen LogP) is 4.53. The fraction of sp³-hybridized carbons (Fsp3) is 0.125. The molecule has 3 rings (SSSR count). The molecule has 0 bridgehead atoms. The summed E-state index contributed by atoms with van der Waals surface area (Å²) in [7, 11) is 0. The van der Waals surface area contributed by atoms with E-state index in [0.29, 0.717) is 6.61 Å². The zero-order valence-electron chi connectivity index (χ0n) is 11.1. The van der Waals surface area contributed by atoms with Gasteiger partial charge in [-0.2, -0.15) is 0 Å². The molecule has 0 saturated heterocycles. The van der Waals surface area contributed by atoms with Crippen molar-refractivity contribution in [2.45, 2.75) is 6.10 Å². The summed E-state index contributed by atoms with van der Waals surface area (Å²) in [6.45, 7) is 0.448. The van der Waals surface area contributed by atoms with Crippen molar-refractivity contribution in [1.29, 1.82) is 0 Å². The summed E-state index contributed by atoms with van der Waals surface area (Å²) >= 11 is 6.90. The molecule has 1 aliphatic rings. The topological polar surface area (TPSA) is 30.5 Å². The van der Waals surface area contributed by atoms with E-state index in [0.717, 1.165) is 26.0 Å². The van der Waals surface area contributed by atoms with Crippen molar-refractivity contribution in [2.75, 3.05) is 6.61 Å². The van der Waals surface area contributed by atoms with Crippen molar-refractivity contribution in [3.8, 4) is 5.75 Å². The summed E-state index contributed by atoms with van der Waals surface area (Å²) in [5.41, 5.74) is 5.02. The molecule has 108 valence electrons. The van der Waals surface area contributed by atoms with Crippen molar-refractivity contribution < 1.29 is 9.57 Å². The first-order valence-corrected chi connectivity index (χ1v) is 8.08. The summed E-state index contributed by atoms with van der Waals surface area (Å²) in [5, 5.41) is 0. The molecular formula is C16H13Br2NO2. The average molecular weight is 411 g/mol. The van der Waals surface area contributed by atoms with Crippen molar-refractivity contribution in [3.05, 3.63) is 69.1 Å². The van der Waals surface area contributed by atoms with Gasteiger partial charge in [-0.3, -0.25) is 10.3 Å². The van der Waals surface area contributed by atoms with Gasteiger partial charge in [-0.05, 0) is 45.8 Å². The van der Waals surface area contributed by atoms with Gasteiger partial charge in [0.25, 0.3) is 0 Å². The molecule has 1 N–H and O–H groups in total.